The lowest BCUT2D eigenvalue weighted by molar-refractivity contribution is 0.0180. The highest BCUT2D eigenvalue weighted by molar-refractivity contribution is 5.21. The van der Waals surface area contributed by atoms with E-state index in [4.69, 9.17) is 0 Å². The Morgan fingerprint density at radius 2 is 2.14 bits per heavy atom. The predicted octanol–water partition coefficient (Wildman–Crippen LogP) is 2.29. The van der Waals surface area contributed by atoms with Crippen molar-refractivity contribution in [2.45, 2.75) is 31.9 Å². The highest BCUT2D eigenvalue weighted by atomic mass is 16.3. The second-order valence-corrected chi connectivity index (χ2v) is 6.74. The van der Waals surface area contributed by atoms with Gasteiger partial charge in [-0.05, 0) is 31.9 Å². The Labute approximate surface area is 132 Å². The molecule has 118 valence electrons. The molecule has 4 heteroatoms. The van der Waals surface area contributed by atoms with E-state index >= 15 is 0 Å². The first-order valence-electron chi connectivity index (χ1n) is 8.01. The first-order chi connectivity index (χ1) is 10.5. The van der Waals surface area contributed by atoms with Gasteiger partial charge in [0.1, 0.15) is 5.82 Å². The molecule has 0 spiro atoms. The van der Waals surface area contributed by atoms with E-state index in [9.17, 15) is 5.11 Å². The van der Waals surface area contributed by atoms with Crippen LogP contribution in [0.2, 0.25) is 0 Å². The molecular weight excluding hydrogens is 274 g/mol. The largest absolute Gasteiger partial charge is 0.384 e. The van der Waals surface area contributed by atoms with Crippen molar-refractivity contribution in [2.75, 3.05) is 20.1 Å². The fraction of sp³-hybridized carbons (Fsp3) is 0.500. The van der Waals surface area contributed by atoms with E-state index in [1.54, 1.807) is 0 Å². The van der Waals surface area contributed by atoms with Crippen LogP contribution < -0.4 is 0 Å². The second kappa shape index (κ2) is 6.23. The van der Waals surface area contributed by atoms with Crippen LogP contribution in [0, 0.1) is 5.92 Å². The summed E-state index contributed by atoms with van der Waals surface area (Å²) in [5, 5.41) is 10.8. The molecule has 22 heavy (non-hydrogen) atoms. The van der Waals surface area contributed by atoms with Crippen molar-refractivity contribution >= 4 is 0 Å². The molecule has 0 bridgehead atoms. The van der Waals surface area contributed by atoms with Gasteiger partial charge in [-0.25, -0.2) is 4.98 Å². The number of aliphatic hydroxyl groups is 1. The molecule has 0 saturated carbocycles. The lowest BCUT2D eigenvalue weighted by atomic mass is 9.94. The Kier molecular flexibility index (Phi) is 4.32. The molecule has 4 nitrogen and oxygen atoms in total. The standard InChI is InChI=1S/C18H25N3O/c1-18(22,16-6-4-3-5-7-16)14-20(2)12-15-8-9-17-19-10-11-21(17)13-15/h3-7,10-11,15,22H,8-9,12-14H2,1-2H3/t15-,18-/m0/s1. The smallest absolute Gasteiger partial charge is 0.108 e. The molecular formula is C18H25N3O. The zero-order valence-corrected chi connectivity index (χ0v) is 13.4. The van der Waals surface area contributed by atoms with Crippen LogP contribution in [0.3, 0.4) is 0 Å². The van der Waals surface area contributed by atoms with Crippen LogP contribution in [0.5, 0.6) is 0 Å². The Morgan fingerprint density at radius 3 is 2.91 bits per heavy atom. The number of nitrogens with zero attached hydrogens (tertiary/aromatic N) is 3. The molecule has 1 aliphatic rings. The maximum atomic E-state index is 10.8. The first-order valence-corrected chi connectivity index (χ1v) is 8.01. The average molecular weight is 299 g/mol. The van der Waals surface area contributed by atoms with Crippen LogP contribution in [0.15, 0.2) is 42.7 Å². The molecule has 0 unspecified atom stereocenters. The molecule has 0 fully saturated rings. The molecule has 0 radical (unpaired) electrons. The van der Waals surface area contributed by atoms with E-state index in [0.717, 1.165) is 25.1 Å². The van der Waals surface area contributed by atoms with E-state index in [0.29, 0.717) is 12.5 Å². The van der Waals surface area contributed by atoms with Gasteiger partial charge in [-0.2, -0.15) is 0 Å². The minimum atomic E-state index is -0.815. The summed E-state index contributed by atoms with van der Waals surface area (Å²) >= 11 is 0. The molecule has 0 amide bonds. The van der Waals surface area contributed by atoms with Gasteiger partial charge in [0.25, 0.3) is 0 Å². The van der Waals surface area contributed by atoms with Gasteiger partial charge >= 0.3 is 0 Å². The minimum Gasteiger partial charge on any atom is -0.384 e. The normalized spacial score (nSPS) is 20.6. The zero-order chi connectivity index (χ0) is 15.6. The number of rotatable bonds is 5. The third-order valence-electron chi connectivity index (χ3n) is 4.58. The molecule has 1 aliphatic heterocycles. The zero-order valence-electron chi connectivity index (χ0n) is 13.4. The minimum absolute atomic E-state index is 0.623. The van der Waals surface area contributed by atoms with E-state index in [1.807, 2.05) is 43.5 Å². The van der Waals surface area contributed by atoms with Gasteiger partial charge in [0.15, 0.2) is 0 Å². The molecule has 2 atom stereocenters. The van der Waals surface area contributed by atoms with E-state index in [2.05, 4.69) is 27.7 Å². The fourth-order valence-corrected chi connectivity index (χ4v) is 3.51. The molecule has 1 N–H and O–H groups in total. The Balaban J connectivity index is 1.58. The molecule has 3 rings (SSSR count). The molecule has 2 heterocycles. The number of benzene rings is 1. The Morgan fingerprint density at radius 1 is 1.36 bits per heavy atom. The highest BCUT2D eigenvalue weighted by Crippen LogP contribution is 2.23. The number of aromatic nitrogens is 2. The lowest BCUT2D eigenvalue weighted by Gasteiger charge is -2.33. The number of aryl methyl sites for hydroxylation is 1. The third-order valence-corrected chi connectivity index (χ3v) is 4.58. The fourth-order valence-electron chi connectivity index (χ4n) is 3.51. The van der Waals surface area contributed by atoms with Gasteiger partial charge in [0, 0.05) is 38.4 Å². The van der Waals surface area contributed by atoms with Crippen molar-refractivity contribution in [3.05, 3.63) is 54.1 Å². The third kappa shape index (κ3) is 3.39. The van der Waals surface area contributed by atoms with Crippen LogP contribution in [0.1, 0.15) is 24.7 Å². The first kappa shape index (κ1) is 15.3. The SMILES string of the molecule is CN(C[C@@H]1CCc2nccn2C1)C[C@](C)(O)c1ccccc1. The summed E-state index contributed by atoms with van der Waals surface area (Å²) in [5.41, 5.74) is 0.160. The lowest BCUT2D eigenvalue weighted by Crippen LogP contribution is -2.40. The van der Waals surface area contributed by atoms with Crippen LogP contribution in [0.25, 0.3) is 0 Å². The number of fused-ring (bicyclic) bond motifs is 1. The van der Waals surface area contributed by atoms with Crippen LogP contribution in [-0.2, 0) is 18.6 Å². The Bertz CT molecular complexity index is 606. The van der Waals surface area contributed by atoms with Gasteiger partial charge in [-0.15, -0.1) is 0 Å². The van der Waals surface area contributed by atoms with Crippen LogP contribution in [-0.4, -0.2) is 39.7 Å². The average Bonchev–Trinajstić information content (AvgIpc) is 2.95. The summed E-state index contributed by atoms with van der Waals surface area (Å²) in [6.07, 6.45) is 6.19. The number of hydrogen-bond acceptors (Lipinski definition) is 3. The quantitative estimate of drug-likeness (QED) is 0.921. The van der Waals surface area contributed by atoms with Crippen molar-refractivity contribution in [3.63, 3.8) is 0 Å². The molecule has 1 aromatic heterocycles. The monoisotopic (exact) mass is 299 g/mol. The maximum absolute atomic E-state index is 10.8. The van der Waals surface area contributed by atoms with Gasteiger partial charge in [-0.3, -0.25) is 0 Å². The van der Waals surface area contributed by atoms with Crippen molar-refractivity contribution < 1.29 is 5.11 Å². The number of imidazole rings is 1. The number of likely N-dealkylation sites (N-methyl/N-ethyl adjacent to an activating group) is 1. The van der Waals surface area contributed by atoms with Gasteiger partial charge in [-0.1, -0.05) is 30.3 Å². The molecule has 0 saturated heterocycles. The topological polar surface area (TPSA) is 41.3 Å². The molecule has 0 aliphatic carbocycles. The summed E-state index contributed by atoms with van der Waals surface area (Å²) in [5.74, 6) is 1.83. The van der Waals surface area contributed by atoms with Crippen molar-refractivity contribution in [3.8, 4) is 0 Å². The van der Waals surface area contributed by atoms with E-state index < -0.39 is 5.60 Å². The van der Waals surface area contributed by atoms with Gasteiger partial charge in [0.2, 0.25) is 0 Å². The van der Waals surface area contributed by atoms with Gasteiger partial charge < -0.3 is 14.6 Å². The Hall–Kier alpha value is -1.65. The molecule has 2 aromatic rings. The summed E-state index contributed by atoms with van der Waals surface area (Å²) in [4.78, 5) is 6.63. The van der Waals surface area contributed by atoms with Crippen molar-refractivity contribution in [1.29, 1.82) is 0 Å². The van der Waals surface area contributed by atoms with Gasteiger partial charge in [0.05, 0.1) is 5.60 Å². The number of hydrogen-bond donors (Lipinski definition) is 1. The van der Waals surface area contributed by atoms with E-state index in [1.165, 1.54) is 12.2 Å². The summed E-state index contributed by atoms with van der Waals surface area (Å²) in [6.45, 7) is 4.58. The van der Waals surface area contributed by atoms with Crippen molar-refractivity contribution in [2.24, 2.45) is 5.92 Å². The summed E-state index contributed by atoms with van der Waals surface area (Å²) in [6, 6.07) is 9.92. The van der Waals surface area contributed by atoms with Crippen LogP contribution in [0.4, 0.5) is 0 Å². The molecule has 1 aromatic carbocycles. The maximum Gasteiger partial charge on any atom is 0.108 e. The summed E-state index contributed by atoms with van der Waals surface area (Å²) in [7, 11) is 2.10. The summed E-state index contributed by atoms with van der Waals surface area (Å²) < 4.78 is 2.26. The van der Waals surface area contributed by atoms with Crippen LogP contribution >= 0.6 is 0 Å². The highest BCUT2D eigenvalue weighted by Gasteiger charge is 2.27. The second-order valence-electron chi connectivity index (χ2n) is 6.74. The van der Waals surface area contributed by atoms with E-state index in [-0.39, 0.29) is 0 Å². The predicted molar refractivity (Wildman–Crippen MR) is 87.5 cm³/mol. The van der Waals surface area contributed by atoms with Crippen molar-refractivity contribution in [1.82, 2.24) is 14.5 Å².